The van der Waals surface area contributed by atoms with Gasteiger partial charge < -0.3 is 5.32 Å². The van der Waals surface area contributed by atoms with Gasteiger partial charge in [0, 0.05) is 29.5 Å². The van der Waals surface area contributed by atoms with E-state index in [9.17, 15) is 0 Å². The summed E-state index contributed by atoms with van der Waals surface area (Å²) in [5.74, 6) is 0.541. The number of nitrogens with one attached hydrogen (secondary N) is 1. The highest BCUT2D eigenvalue weighted by Gasteiger charge is 2.39. The third-order valence-corrected chi connectivity index (χ3v) is 3.18. The van der Waals surface area contributed by atoms with Gasteiger partial charge in [-0.2, -0.15) is 0 Å². The molecule has 0 aliphatic heterocycles. The van der Waals surface area contributed by atoms with Crippen molar-refractivity contribution in [3.05, 3.63) is 54.1 Å². The molecule has 1 saturated carbocycles. The van der Waals surface area contributed by atoms with Crippen LogP contribution in [0, 0.1) is 6.92 Å². The standard InChI is InChI=1S/C14H15N3/c1-10-2-4-11(5-3-10)17-14-8-12(14)13-6-7-15-9-16-13/h2-7,9,12,14,17H,8H2,1H3. The van der Waals surface area contributed by atoms with E-state index >= 15 is 0 Å². The van der Waals surface area contributed by atoms with E-state index in [1.54, 1.807) is 6.33 Å². The molecule has 3 rings (SSSR count). The fourth-order valence-electron chi connectivity index (χ4n) is 2.07. The van der Waals surface area contributed by atoms with Crippen molar-refractivity contribution in [3.63, 3.8) is 0 Å². The Hall–Kier alpha value is -1.90. The zero-order chi connectivity index (χ0) is 11.7. The third-order valence-electron chi connectivity index (χ3n) is 3.18. The Morgan fingerprint density at radius 2 is 2.00 bits per heavy atom. The predicted octanol–water partition coefficient (Wildman–Crippen LogP) is 2.75. The number of benzene rings is 1. The van der Waals surface area contributed by atoms with Crippen LogP contribution in [0.2, 0.25) is 0 Å². The van der Waals surface area contributed by atoms with Gasteiger partial charge in [-0.3, -0.25) is 0 Å². The second-order valence-electron chi connectivity index (χ2n) is 4.59. The second-order valence-corrected chi connectivity index (χ2v) is 4.59. The molecule has 17 heavy (non-hydrogen) atoms. The number of hydrogen-bond acceptors (Lipinski definition) is 3. The number of rotatable bonds is 3. The fraction of sp³-hybridized carbons (Fsp3) is 0.286. The first-order chi connectivity index (χ1) is 8.33. The van der Waals surface area contributed by atoms with Crippen molar-refractivity contribution in [3.8, 4) is 0 Å². The minimum atomic E-state index is 0.521. The zero-order valence-electron chi connectivity index (χ0n) is 9.80. The lowest BCUT2D eigenvalue weighted by atomic mass is 10.2. The highest BCUT2D eigenvalue weighted by molar-refractivity contribution is 5.47. The monoisotopic (exact) mass is 225 g/mol. The van der Waals surface area contributed by atoms with E-state index < -0.39 is 0 Å². The number of anilines is 1. The van der Waals surface area contributed by atoms with E-state index in [-0.39, 0.29) is 0 Å². The highest BCUT2D eigenvalue weighted by atomic mass is 15.0. The Bertz CT molecular complexity index is 493. The van der Waals surface area contributed by atoms with E-state index in [0.29, 0.717) is 12.0 Å². The van der Waals surface area contributed by atoms with Crippen LogP contribution >= 0.6 is 0 Å². The molecule has 0 radical (unpaired) electrons. The molecule has 0 amide bonds. The summed E-state index contributed by atoms with van der Waals surface area (Å²) in [6, 6.07) is 11.0. The van der Waals surface area contributed by atoms with E-state index in [4.69, 9.17) is 0 Å². The predicted molar refractivity (Wildman–Crippen MR) is 68.0 cm³/mol. The van der Waals surface area contributed by atoms with Gasteiger partial charge in [0.2, 0.25) is 0 Å². The summed E-state index contributed by atoms with van der Waals surface area (Å²) in [6.45, 7) is 2.10. The first kappa shape index (κ1) is 10.3. The van der Waals surface area contributed by atoms with Gasteiger partial charge in [0.1, 0.15) is 6.33 Å². The van der Waals surface area contributed by atoms with Crippen molar-refractivity contribution >= 4 is 5.69 Å². The Labute approximate surface area is 101 Å². The molecule has 2 unspecified atom stereocenters. The van der Waals surface area contributed by atoms with E-state index in [1.807, 2.05) is 12.3 Å². The average molecular weight is 225 g/mol. The molecule has 1 N–H and O–H groups in total. The van der Waals surface area contributed by atoms with Crippen LogP contribution in [-0.2, 0) is 0 Å². The van der Waals surface area contributed by atoms with Gasteiger partial charge in [0.15, 0.2) is 0 Å². The van der Waals surface area contributed by atoms with Crippen LogP contribution in [0.1, 0.15) is 23.6 Å². The summed E-state index contributed by atoms with van der Waals surface area (Å²) in [5, 5.41) is 3.53. The van der Waals surface area contributed by atoms with Crippen LogP contribution < -0.4 is 5.32 Å². The average Bonchev–Trinajstić information content (AvgIpc) is 3.13. The van der Waals surface area contributed by atoms with E-state index in [1.165, 1.54) is 11.3 Å². The number of nitrogens with zero attached hydrogens (tertiary/aromatic N) is 2. The summed E-state index contributed by atoms with van der Waals surface area (Å²) < 4.78 is 0. The van der Waals surface area contributed by atoms with Crippen molar-refractivity contribution in [1.82, 2.24) is 9.97 Å². The lowest BCUT2D eigenvalue weighted by Crippen LogP contribution is -2.04. The van der Waals surface area contributed by atoms with Crippen LogP contribution in [0.25, 0.3) is 0 Å². The Morgan fingerprint density at radius 1 is 1.18 bits per heavy atom. The molecule has 1 aromatic carbocycles. The molecule has 2 aromatic rings. The normalized spacial score (nSPS) is 22.2. The molecule has 3 nitrogen and oxygen atoms in total. The van der Waals surface area contributed by atoms with Gasteiger partial charge in [0.25, 0.3) is 0 Å². The first-order valence-corrected chi connectivity index (χ1v) is 5.92. The Morgan fingerprint density at radius 3 is 2.71 bits per heavy atom. The van der Waals surface area contributed by atoms with Crippen LogP contribution in [0.3, 0.4) is 0 Å². The Kier molecular flexibility index (Phi) is 2.52. The van der Waals surface area contributed by atoms with Gasteiger partial charge in [-0.1, -0.05) is 17.7 Å². The number of aryl methyl sites for hydroxylation is 1. The molecule has 1 heterocycles. The molecule has 3 heteroatoms. The number of hydrogen-bond donors (Lipinski definition) is 1. The molecule has 0 bridgehead atoms. The molecule has 2 atom stereocenters. The van der Waals surface area contributed by atoms with Gasteiger partial charge in [-0.15, -0.1) is 0 Å². The molecular formula is C14H15N3. The Balaban J connectivity index is 1.64. The second kappa shape index (κ2) is 4.17. The summed E-state index contributed by atoms with van der Waals surface area (Å²) in [7, 11) is 0. The smallest absolute Gasteiger partial charge is 0.115 e. The maximum Gasteiger partial charge on any atom is 0.115 e. The molecule has 0 saturated heterocycles. The quantitative estimate of drug-likeness (QED) is 0.872. The zero-order valence-corrected chi connectivity index (χ0v) is 9.80. The van der Waals surface area contributed by atoms with Gasteiger partial charge in [0.05, 0.1) is 0 Å². The van der Waals surface area contributed by atoms with Crippen molar-refractivity contribution in [2.24, 2.45) is 0 Å². The van der Waals surface area contributed by atoms with Crippen molar-refractivity contribution in [2.75, 3.05) is 5.32 Å². The van der Waals surface area contributed by atoms with Gasteiger partial charge in [-0.25, -0.2) is 9.97 Å². The van der Waals surface area contributed by atoms with Gasteiger partial charge in [-0.05, 0) is 31.5 Å². The largest absolute Gasteiger partial charge is 0.382 e. The molecule has 1 aromatic heterocycles. The van der Waals surface area contributed by atoms with Crippen molar-refractivity contribution in [1.29, 1.82) is 0 Å². The summed E-state index contributed by atoms with van der Waals surface area (Å²) >= 11 is 0. The van der Waals surface area contributed by atoms with Crippen molar-refractivity contribution < 1.29 is 0 Å². The topological polar surface area (TPSA) is 37.8 Å². The molecule has 0 spiro atoms. The van der Waals surface area contributed by atoms with Gasteiger partial charge >= 0.3 is 0 Å². The molecule has 1 fully saturated rings. The minimum Gasteiger partial charge on any atom is -0.382 e. The van der Waals surface area contributed by atoms with E-state index in [2.05, 4.69) is 46.5 Å². The summed E-state index contributed by atoms with van der Waals surface area (Å²) in [4.78, 5) is 8.24. The lowest BCUT2D eigenvalue weighted by molar-refractivity contribution is 0.955. The van der Waals surface area contributed by atoms with Crippen molar-refractivity contribution in [2.45, 2.75) is 25.3 Å². The SMILES string of the molecule is Cc1ccc(NC2CC2c2ccncn2)cc1. The molecular weight excluding hydrogens is 210 g/mol. The molecule has 1 aliphatic carbocycles. The number of aromatic nitrogens is 2. The van der Waals surface area contributed by atoms with Crippen LogP contribution in [-0.4, -0.2) is 16.0 Å². The fourth-order valence-corrected chi connectivity index (χ4v) is 2.07. The summed E-state index contributed by atoms with van der Waals surface area (Å²) in [5.41, 5.74) is 3.63. The van der Waals surface area contributed by atoms with Crippen LogP contribution in [0.15, 0.2) is 42.9 Å². The molecule has 1 aliphatic rings. The molecule has 86 valence electrons. The summed E-state index contributed by atoms with van der Waals surface area (Å²) in [6.07, 6.45) is 4.59. The first-order valence-electron chi connectivity index (χ1n) is 5.92. The maximum absolute atomic E-state index is 4.30. The lowest BCUT2D eigenvalue weighted by Gasteiger charge is -2.05. The van der Waals surface area contributed by atoms with Crippen LogP contribution in [0.4, 0.5) is 5.69 Å². The minimum absolute atomic E-state index is 0.521. The van der Waals surface area contributed by atoms with E-state index in [0.717, 1.165) is 12.1 Å². The third kappa shape index (κ3) is 2.28. The van der Waals surface area contributed by atoms with Crippen LogP contribution in [0.5, 0.6) is 0 Å². The highest BCUT2D eigenvalue weighted by Crippen LogP contribution is 2.41. The maximum atomic E-state index is 4.30.